The monoisotopic (exact) mass is 246 g/mol. The maximum absolute atomic E-state index is 11.8. The molecule has 1 amide bonds. The Morgan fingerprint density at radius 3 is 2.83 bits per heavy atom. The first-order valence-electron chi connectivity index (χ1n) is 5.77. The van der Waals surface area contributed by atoms with Crippen LogP contribution in [0.4, 0.5) is 0 Å². The zero-order valence-corrected chi connectivity index (χ0v) is 10.0. The van der Waals surface area contributed by atoms with Crippen LogP contribution < -0.4 is 10.9 Å². The van der Waals surface area contributed by atoms with Gasteiger partial charge in [0, 0.05) is 6.54 Å². The van der Waals surface area contributed by atoms with Crippen LogP contribution in [-0.4, -0.2) is 17.4 Å². The van der Waals surface area contributed by atoms with Crippen LogP contribution >= 0.6 is 0 Å². The lowest BCUT2D eigenvalue weighted by molar-refractivity contribution is 0.0952. The summed E-state index contributed by atoms with van der Waals surface area (Å²) in [6, 6.07) is 6.63. The first-order chi connectivity index (χ1) is 8.72. The molecule has 0 atom stereocenters. The van der Waals surface area contributed by atoms with Crippen LogP contribution in [0.5, 0.6) is 0 Å². The Morgan fingerprint density at radius 2 is 2.22 bits per heavy atom. The molecule has 0 aliphatic heterocycles. The third kappa shape index (κ3) is 2.51. The number of hydrogen-bond acceptors (Lipinski definition) is 3. The Bertz CT molecular complexity index is 585. The standard InChI is InChI=1S/C13H14N2O3/c1-2-7-14-12(16)9-5-6-10(15-13(9)17)11-4-3-8-18-11/h3-6,8H,2,7H2,1H3,(H,14,16)(H,15,17). The molecule has 0 saturated carbocycles. The summed E-state index contributed by atoms with van der Waals surface area (Å²) < 4.78 is 5.17. The van der Waals surface area contributed by atoms with Crippen LogP contribution in [0.2, 0.25) is 0 Å². The zero-order chi connectivity index (χ0) is 13.0. The second-order valence-electron chi connectivity index (χ2n) is 3.85. The molecule has 5 heteroatoms. The molecule has 2 heterocycles. The molecule has 2 rings (SSSR count). The summed E-state index contributed by atoms with van der Waals surface area (Å²) in [7, 11) is 0. The van der Waals surface area contributed by atoms with Gasteiger partial charge in [0.25, 0.3) is 11.5 Å². The normalized spacial score (nSPS) is 10.3. The molecule has 2 aromatic rings. The molecule has 0 fully saturated rings. The van der Waals surface area contributed by atoms with E-state index in [1.165, 1.54) is 12.3 Å². The summed E-state index contributed by atoms with van der Waals surface area (Å²) in [5.41, 5.74) is 0.244. The topological polar surface area (TPSA) is 75.1 Å². The second-order valence-corrected chi connectivity index (χ2v) is 3.85. The van der Waals surface area contributed by atoms with Crippen LogP contribution in [0.25, 0.3) is 11.5 Å². The van der Waals surface area contributed by atoms with E-state index in [4.69, 9.17) is 4.42 Å². The zero-order valence-electron chi connectivity index (χ0n) is 10.0. The fraction of sp³-hybridized carbons (Fsp3) is 0.231. The molecule has 18 heavy (non-hydrogen) atoms. The van der Waals surface area contributed by atoms with Crippen LogP contribution in [-0.2, 0) is 0 Å². The second kappa shape index (κ2) is 5.35. The van der Waals surface area contributed by atoms with Crippen molar-refractivity contribution in [3.8, 4) is 11.5 Å². The Labute approximate surface area is 104 Å². The molecule has 0 spiro atoms. The van der Waals surface area contributed by atoms with Gasteiger partial charge in [0.1, 0.15) is 11.3 Å². The van der Waals surface area contributed by atoms with Crippen molar-refractivity contribution in [2.24, 2.45) is 0 Å². The van der Waals surface area contributed by atoms with Gasteiger partial charge < -0.3 is 14.7 Å². The highest BCUT2D eigenvalue weighted by molar-refractivity contribution is 5.93. The molecular formula is C13H14N2O3. The predicted octanol–water partition coefficient (Wildman–Crippen LogP) is 1.77. The Hall–Kier alpha value is -2.30. The lowest BCUT2D eigenvalue weighted by atomic mass is 10.2. The molecule has 2 aromatic heterocycles. The molecule has 5 nitrogen and oxygen atoms in total. The van der Waals surface area contributed by atoms with E-state index in [1.807, 2.05) is 6.92 Å². The third-order valence-electron chi connectivity index (χ3n) is 2.48. The van der Waals surface area contributed by atoms with E-state index in [9.17, 15) is 9.59 Å². The van der Waals surface area contributed by atoms with Gasteiger partial charge in [0.05, 0.1) is 12.0 Å². The van der Waals surface area contributed by atoms with Crippen molar-refractivity contribution >= 4 is 5.91 Å². The highest BCUT2D eigenvalue weighted by atomic mass is 16.3. The van der Waals surface area contributed by atoms with Crippen LogP contribution in [0.3, 0.4) is 0 Å². The van der Waals surface area contributed by atoms with E-state index < -0.39 is 5.56 Å². The minimum atomic E-state index is -0.419. The highest BCUT2D eigenvalue weighted by Crippen LogP contribution is 2.15. The van der Waals surface area contributed by atoms with Crippen molar-refractivity contribution in [3.05, 3.63) is 46.4 Å². The number of hydrogen-bond donors (Lipinski definition) is 2. The van der Waals surface area contributed by atoms with Crippen molar-refractivity contribution in [1.82, 2.24) is 10.3 Å². The van der Waals surface area contributed by atoms with Gasteiger partial charge in [-0.2, -0.15) is 0 Å². The Kier molecular flexibility index (Phi) is 3.62. The van der Waals surface area contributed by atoms with E-state index in [1.54, 1.807) is 18.2 Å². The summed E-state index contributed by atoms with van der Waals surface area (Å²) in [6.45, 7) is 2.50. The molecule has 94 valence electrons. The summed E-state index contributed by atoms with van der Waals surface area (Å²) >= 11 is 0. The lowest BCUT2D eigenvalue weighted by Gasteiger charge is -2.03. The van der Waals surface area contributed by atoms with Gasteiger partial charge in [-0.05, 0) is 30.7 Å². The highest BCUT2D eigenvalue weighted by Gasteiger charge is 2.11. The number of amides is 1. The van der Waals surface area contributed by atoms with Gasteiger partial charge in [0.2, 0.25) is 0 Å². The summed E-state index contributed by atoms with van der Waals surface area (Å²) in [6.07, 6.45) is 2.35. The number of nitrogens with one attached hydrogen (secondary N) is 2. The minimum absolute atomic E-state index is 0.110. The number of carbonyl (C=O) groups is 1. The van der Waals surface area contributed by atoms with E-state index in [0.29, 0.717) is 18.0 Å². The molecule has 0 radical (unpaired) electrons. The number of furan rings is 1. The summed E-state index contributed by atoms with van der Waals surface area (Å²) in [4.78, 5) is 26.1. The average Bonchev–Trinajstić information content (AvgIpc) is 2.89. The largest absolute Gasteiger partial charge is 0.463 e. The number of aromatic amines is 1. The minimum Gasteiger partial charge on any atom is -0.463 e. The van der Waals surface area contributed by atoms with Crippen molar-refractivity contribution in [1.29, 1.82) is 0 Å². The SMILES string of the molecule is CCCNC(=O)c1ccc(-c2ccco2)[nH]c1=O. The summed E-state index contributed by atoms with van der Waals surface area (Å²) in [5, 5.41) is 2.66. The fourth-order valence-electron chi connectivity index (χ4n) is 1.56. The quantitative estimate of drug-likeness (QED) is 0.863. The van der Waals surface area contributed by atoms with Gasteiger partial charge in [-0.3, -0.25) is 9.59 Å². The number of aromatic nitrogens is 1. The van der Waals surface area contributed by atoms with Crippen molar-refractivity contribution in [2.75, 3.05) is 6.54 Å². The molecular weight excluding hydrogens is 232 g/mol. The van der Waals surface area contributed by atoms with Gasteiger partial charge in [-0.25, -0.2) is 0 Å². The van der Waals surface area contributed by atoms with Crippen molar-refractivity contribution in [3.63, 3.8) is 0 Å². The van der Waals surface area contributed by atoms with E-state index >= 15 is 0 Å². The van der Waals surface area contributed by atoms with Crippen LogP contribution in [0, 0.1) is 0 Å². The van der Waals surface area contributed by atoms with Crippen molar-refractivity contribution in [2.45, 2.75) is 13.3 Å². The number of H-pyrrole nitrogens is 1. The Morgan fingerprint density at radius 1 is 1.39 bits per heavy atom. The molecule has 2 N–H and O–H groups in total. The smallest absolute Gasteiger partial charge is 0.261 e. The molecule has 0 aliphatic carbocycles. The molecule has 0 aromatic carbocycles. The number of pyridine rings is 1. The predicted molar refractivity (Wildman–Crippen MR) is 67.4 cm³/mol. The molecule has 0 saturated heterocycles. The van der Waals surface area contributed by atoms with Gasteiger partial charge in [-0.15, -0.1) is 0 Å². The van der Waals surface area contributed by atoms with Crippen molar-refractivity contribution < 1.29 is 9.21 Å². The van der Waals surface area contributed by atoms with Gasteiger partial charge in [0.15, 0.2) is 0 Å². The fourth-order valence-corrected chi connectivity index (χ4v) is 1.56. The molecule has 0 unspecified atom stereocenters. The van der Waals surface area contributed by atoms with Crippen LogP contribution in [0.1, 0.15) is 23.7 Å². The van der Waals surface area contributed by atoms with Gasteiger partial charge in [-0.1, -0.05) is 6.92 Å². The lowest BCUT2D eigenvalue weighted by Crippen LogP contribution is -2.30. The third-order valence-corrected chi connectivity index (χ3v) is 2.48. The van der Waals surface area contributed by atoms with E-state index in [2.05, 4.69) is 10.3 Å². The number of carbonyl (C=O) groups excluding carboxylic acids is 1. The van der Waals surface area contributed by atoms with Gasteiger partial charge >= 0.3 is 0 Å². The van der Waals surface area contributed by atoms with E-state index in [0.717, 1.165) is 6.42 Å². The Balaban J connectivity index is 2.26. The van der Waals surface area contributed by atoms with Crippen LogP contribution in [0.15, 0.2) is 39.7 Å². The van der Waals surface area contributed by atoms with E-state index in [-0.39, 0.29) is 11.5 Å². The molecule has 0 bridgehead atoms. The average molecular weight is 246 g/mol. The number of rotatable bonds is 4. The first-order valence-corrected chi connectivity index (χ1v) is 5.77. The first kappa shape index (κ1) is 12.2. The summed E-state index contributed by atoms with van der Waals surface area (Å²) in [5.74, 6) is 0.205. The maximum atomic E-state index is 11.8. The molecule has 0 aliphatic rings. The maximum Gasteiger partial charge on any atom is 0.261 e.